The lowest BCUT2D eigenvalue weighted by atomic mass is 10.3. The first-order chi connectivity index (χ1) is 16.2. The van der Waals surface area contributed by atoms with E-state index in [0.717, 1.165) is 0 Å². The number of carbonyl (C=O) groups is 4. The number of carbonyl (C=O) groups excluding carboxylic acids is 1. The number of nitrogens with zero attached hydrogens (tertiary/aromatic N) is 7. The fourth-order valence-electron chi connectivity index (χ4n) is 3.47. The van der Waals surface area contributed by atoms with Crippen LogP contribution >= 0.6 is 0 Å². The van der Waals surface area contributed by atoms with Gasteiger partial charge in [0.1, 0.15) is 0 Å². The molecule has 0 spiro atoms. The van der Waals surface area contributed by atoms with Crippen molar-refractivity contribution in [1.29, 1.82) is 0 Å². The summed E-state index contributed by atoms with van der Waals surface area (Å²) in [4.78, 5) is 55.7. The van der Waals surface area contributed by atoms with Crippen LogP contribution in [0.25, 0.3) is 10.4 Å². The van der Waals surface area contributed by atoms with Crippen molar-refractivity contribution in [3.8, 4) is 0 Å². The minimum absolute atomic E-state index is 0.0501. The molecule has 34 heavy (non-hydrogen) atoms. The minimum Gasteiger partial charge on any atom is -0.480 e. The maximum atomic E-state index is 12.3. The molecule has 0 aromatic carbocycles. The Morgan fingerprint density at radius 2 is 1.06 bits per heavy atom. The summed E-state index contributed by atoms with van der Waals surface area (Å²) >= 11 is 0. The molecule has 0 aromatic heterocycles. The third-order valence-electron chi connectivity index (χ3n) is 5.19. The Morgan fingerprint density at radius 3 is 1.38 bits per heavy atom. The zero-order valence-electron chi connectivity index (χ0n) is 19.2. The van der Waals surface area contributed by atoms with E-state index in [-0.39, 0.29) is 38.6 Å². The highest BCUT2D eigenvalue weighted by molar-refractivity contribution is 5.78. The van der Waals surface area contributed by atoms with Gasteiger partial charge >= 0.3 is 17.9 Å². The van der Waals surface area contributed by atoms with Crippen molar-refractivity contribution in [1.82, 2.24) is 24.9 Å². The van der Waals surface area contributed by atoms with Gasteiger partial charge in [-0.25, -0.2) is 0 Å². The number of carboxylic acid groups (broad SMARTS) is 3. The van der Waals surface area contributed by atoms with Crippen molar-refractivity contribution in [2.45, 2.75) is 6.42 Å². The van der Waals surface area contributed by atoms with Crippen LogP contribution in [0.3, 0.4) is 0 Å². The zero-order chi connectivity index (χ0) is 25.3. The molecule has 0 aromatic rings. The van der Waals surface area contributed by atoms with Gasteiger partial charge in [-0.15, -0.1) is 0 Å². The molecule has 1 fully saturated rings. The van der Waals surface area contributed by atoms with E-state index in [1.807, 2.05) is 4.90 Å². The van der Waals surface area contributed by atoms with Crippen molar-refractivity contribution in [2.24, 2.45) is 5.11 Å². The number of carboxylic acids is 3. The van der Waals surface area contributed by atoms with Crippen LogP contribution in [-0.2, 0) is 19.2 Å². The molecule has 1 heterocycles. The molecule has 1 aliphatic heterocycles. The molecule has 0 bridgehead atoms. The van der Waals surface area contributed by atoms with Crippen LogP contribution in [-0.4, -0.2) is 150 Å². The van der Waals surface area contributed by atoms with Gasteiger partial charge in [0.15, 0.2) is 0 Å². The van der Waals surface area contributed by atoms with E-state index < -0.39 is 17.9 Å². The second kappa shape index (κ2) is 16.6. The monoisotopic (exact) mass is 486 g/mol. The van der Waals surface area contributed by atoms with E-state index in [4.69, 9.17) is 5.53 Å². The summed E-state index contributed by atoms with van der Waals surface area (Å²) in [7, 11) is 0. The van der Waals surface area contributed by atoms with Crippen LogP contribution in [0, 0.1) is 0 Å². The zero-order valence-corrected chi connectivity index (χ0v) is 19.2. The fourth-order valence-corrected chi connectivity index (χ4v) is 3.47. The van der Waals surface area contributed by atoms with Gasteiger partial charge in [-0.1, -0.05) is 5.11 Å². The Hall–Kier alpha value is -2.97. The molecule has 1 saturated heterocycles. The number of nitrogens with one attached hydrogen (secondary N) is 1. The molecule has 0 radical (unpaired) electrons. The summed E-state index contributed by atoms with van der Waals surface area (Å²) in [5, 5.41) is 33.8. The first-order valence-electron chi connectivity index (χ1n) is 11.0. The highest BCUT2D eigenvalue weighted by Crippen LogP contribution is 2.01. The van der Waals surface area contributed by atoms with Crippen LogP contribution in [0.1, 0.15) is 6.42 Å². The van der Waals surface area contributed by atoms with Crippen molar-refractivity contribution < 1.29 is 34.5 Å². The molecule has 0 aliphatic carbocycles. The molecular formula is C19H34N8O7. The third-order valence-corrected chi connectivity index (χ3v) is 5.19. The van der Waals surface area contributed by atoms with Gasteiger partial charge in [0.25, 0.3) is 0 Å². The Kier molecular flexibility index (Phi) is 14.2. The van der Waals surface area contributed by atoms with E-state index in [0.29, 0.717) is 65.3 Å². The van der Waals surface area contributed by atoms with Crippen LogP contribution in [0.4, 0.5) is 0 Å². The van der Waals surface area contributed by atoms with E-state index in [1.54, 1.807) is 14.7 Å². The molecule has 1 amide bonds. The number of azide groups is 1. The first-order valence-corrected chi connectivity index (χ1v) is 11.0. The highest BCUT2D eigenvalue weighted by Gasteiger charge is 2.20. The molecule has 0 unspecified atom stereocenters. The molecular weight excluding hydrogens is 452 g/mol. The minimum atomic E-state index is -1.02. The molecule has 1 rings (SSSR count). The predicted octanol–water partition coefficient (Wildman–Crippen LogP) is -1.72. The van der Waals surface area contributed by atoms with Gasteiger partial charge in [0.2, 0.25) is 5.91 Å². The number of hydrogen-bond acceptors (Lipinski definition) is 9. The topological polar surface area (TPSA) is 203 Å². The van der Waals surface area contributed by atoms with E-state index in [2.05, 4.69) is 15.3 Å². The smallest absolute Gasteiger partial charge is 0.317 e. The molecule has 0 saturated carbocycles. The van der Waals surface area contributed by atoms with Gasteiger partial charge in [0.05, 0.1) is 26.2 Å². The SMILES string of the molecule is [N-]=[N+]=NCCCNC(=O)CN1CCN(CC(=O)O)CCN(CC(=O)O)CCN(CC(=O)O)CC1. The first kappa shape index (κ1) is 29.1. The van der Waals surface area contributed by atoms with Crippen LogP contribution < -0.4 is 5.32 Å². The van der Waals surface area contributed by atoms with E-state index >= 15 is 0 Å². The third kappa shape index (κ3) is 14.2. The summed E-state index contributed by atoms with van der Waals surface area (Å²) in [6.45, 7) is 2.70. The van der Waals surface area contributed by atoms with Crippen LogP contribution in [0.15, 0.2) is 5.11 Å². The standard InChI is InChI=1S/C19H34N8O7/c20-23-22-3-1-2-21-16(28)12-24-4-6-25(13-17(29)30)8-10-27(15-19(33)34)11-9-26(7-5-24)14-18(31)32/h1-15H2,(H,21,28)(H,29,30)(H,31,32)(H,33,34). The lowest BCUT2D eigenvalue weighted by Gasteiger charge is -2.32. The summed E-state index contributed by atoms with van der Waals surface area (Å²) in [5.74, 6) is -3.27. The molecule has 0 atom stereocenters. The molecule has 192 valence electrons. The summed E-state index contributed by atoms with van der Waals surface area (Å²) < 4.78 is 0. The second-order valence-corrected chi connectivity index (χ2v) is 7.94. The number of aliphatic carboxylic acids is 3. The summed E-state index contributed by atoms with van der Waals surface area (Å²) in [6, 6.07) is 0. The van der Waals surface area contributed by atoms with Gasteiger partial charge in [-0.3, -0.25) is 38.8 Å². The fraction of sp³-hybridized carbons (Fsp3) is 0.789. The average Bonchev–Trinajstić information content (AvgIpc) is 2.74. The highest BCUT2D eigenvalue weighted by atomic mass is 16.4. The lowest BCUT2D eigenvalue weighted by molar-refractivity contribution is -0.140. The quantitative estimate of drug-likeness (QED) is 0.106. The number of rotatable bonds is 12. The summed E-state index contributed by atoms with van der Waals surface area (Å²) in [5.41, 5.74) is 8.28. The van der Waals surface area contributed by atoms with Crippen molar-refractivity contribution in [3.63, 3.8) is 0 Å². The second-order valence-electron chi connectivity index (χ2n) is 7.94. The van der Waals surface area contributed by atoms with Gasteiger partial charge in [-0.05, 0) is 12.0 Å². The number of hydrogen-bond donors (Lipinski definition) is 4. The van der Waals surface area contributed by atoms with E-state index in [1.165, 1.54) is 0 Å². The Bertz CT molecular complexity index is 699. The van der Waals surface area contributed by atoms with Crippen LogP contribution in [0.2, 0.25) is 0 Å². The van der Waals surface area contributed by atoms with Crippen LogP contribution in [0.5, 0.6) is 0 Å². The Labute approximate surface area is 197 Å². The van der Waals surface area contributed by atoms with Gasteiger partial charge in [0, 0.05) is 70.4 Å². The average molecular weight is 487 g/mol. The molecule has 4 N–H and O–H groups in total. The van der Waals surface area contributed by atoms with Crippen molar-refractivity contribution in [3.05, 3.63) is 10.4 Å². The lowest BCUT2D eigenvalue weighted by Crippen LogP contribution is -2.49. The predicted molar refractivity (Wildman–Crippen MR) is 120 cm³/mol. The molecule has 15 nitrogen and oxygen atoms in total. The summed E-state index contributed by atoms with van der Waals surface area (Å²) in [6.07, 6.45) is 0.501. The Morgan fingerprint density at radius 1 is 0.706 bits per heavy atom. The van der Waals surface area contributed by atoms with Gasteiger partial charge in [-0.2, -0.15) is 0 Å². The molecule has 15 heteroatoms. The maximum Gasteiger partial charge on any atom is 0.317 e. The Balaban J connectivity index is 2.85. The van der Waals surface area contributed by atoms with Gasteiger partial charge < -0.3 is 20.6 Å². The normalized spacial score (nSPS) is 17.6. The van der Waals surface area contributed by atoms with E-state index in [9.17, 15) is 34.5 Å². The number of amides is 1. The van der Waals surface area contributed by atoms with Crippen molar-refractivity contribution >= 4 is 23.8 Å². The largest absolute Gasteiger partial charge is 0.480 e. The maximum absolute atomic E-state index is 12.3. The molecule has 1 aliphatic rings. The van der Waals surface area contributed by atoms with Crippen molar-refractivity contribution in [2.75, 3.05) is 91.6 Å².